The fraction of sp³-hybridized carbons (Fsp3) is 0.238. The van der Waals surface area contributed by atoms with Gasteiger partial charge in [-0.25, -0.2) is 4.79 Å². The maximum atomic E-state index is 12.4. The first-order valence-electron chi connectivity index (χ1n) is 8.31. The summed E-state index contributed by atoms with van der Waals surface area (Å²) in [7, 11) is 1.94. The van der Waals surface area contributed by atoms with Gasteiger partial charge in [-0.05, 0) is 29.8 Å². The van der Waals surface area contributed by atoms with Crippen LogP contribution in [0.3, 0.4) is 0 Å². The summed E-state index contributed by atoms with van der Waals surface area (Å²) in [5.41, 5.74) is 3.15. The van der Waals surface area contributed by atoms with E-state index in [1.807, 2.05) is 30.1 Å². The number of esters is 1. The van der Waals surface area contributed by atoms with Gasteiger partial charge in [-0.1, -0.05) is 49.7 Å². The second kappa shape index (κ2) is 6.96. The van der Waals surface area contributed by atoms with Gasteiger partial charge in [0.15, 0.2) is 12.4 Å². The van der Waals surface area contributed by atoms with Gasteiger partial charge in [-0.3, -0.25) is 4.79 Å². The minimum absolute atomic E-state index is 0.261. The van der Waals surface area contributed by atoms with E-state index in [0.29, 0.717) is 10.6 Å². The lowest BCUT2D eigenvalue weighted by Gasteiger charge is -2.23. The van der Waals surface area contributed by atoms with Gasteiger partial charge in [0.2, 0.25) is 0 Å². The summed E-state index contributed by atoms with van der Waals surface area (Å²) in [6.07, 6.45) is 1.56. The van der Waals surface area contributed by atoms with Gasteiger partial charge in [0.1, 0.15) is 0 Å². The summed E-state index contributed by atoms with van der Waals surface area (Å²) in [6, 6.07) is 14.5. The molecule has 0 fully saturated rings. The van der Waals surface area contributed by atoms with Crippen LogP contribution in [-0.4, -0.2) is 25.4 Å². The Hall–Kier alpha value is -2.59. The average Bonchev–Trinajstić information content (AvgIpc) is 2.81. The molecule has 0 amide bonds. The summed E-state index contributed by atoms with van der Waals surface area (Å²) in [5.74, 6) is -0.829. The molecule has 0 aromatic heterocycles. The van der Waals surface area contributed by atoms with Crippen LogP contribution in [0.2, 0.25) is 5.02 Å². The third-order valence-electron chi connectivity index (χ3n) is 4.64. The molecule has 1 heterocycles. The van der Waals surface area contributed by atoms with E-state index in [4.69, 9.17) is 16.3 Å². The predicted molar refractivity (Wildman–Crippen MR) is 103 cm³/mol. The molecule has 1 aliphatic heterocycles. The van der Waals surface area contributed by atoms with Crippen molar-refractivity contribution in [3.05, 3.63) is 76.5 Å². The second-order valence-electron chi connectivity index (χ2n) is 6.78. The summed E-state index contributed by atoms with van der Waals surface area (Å²) in [6.45, 7) is 3.84. The van der Waals surface area contributed by atoms with Gasteiger partial charge in [0, 0.05) is 34.9 Å². The van der Waals surface area contributed by atoms with Gasteiger partial charge in [0.25, 0.3) is 0 Å². The molecule has 0 saturated heterocycles. The van der Waals surface area contributed by atoms with E-state index in [0.717, 1.165) is 16.9 Å². The highest BCUT2D eigenvalue weighted by molar-refractivity contribution is 6.30. The van der Waals surface area contributed by atoms with E-state index >= 15 is 0 Å². The Bertz CT molecular complexity index is 902. The Morgan fingerprint density at radius 2 is 1.88 bits per heavy atom. The molecule has 0 spiro atoms. The Morgan fingerprint density at radius 3 is 2.58 bits per heavy atom. The van der Waals surface area contributed by atoms with Crippen molar-refractivity contribution in [3.8, 4) is 0 Å². The summed E-state index contributed by atoms with van der Waals surface area (Å²) in [4.78, 5) is 26.4. The zero-order valence-electron chi connectivity index (χ0n) is 15.0. The van der Waals surface area contributed by atoms with Crippen molar-refractivity contribution in [1.29, 1.82) is 0 Å². The molecule has 0 aliphatic carbocycles. The smallest absolute Gasteiger partial charge is 0.338 e. The molecule has 0 unspecified atom stereocenters. The summed E-state index contributed by atoms with van der Waals surface area (Å²) in [5, 5.41) is 0.444. The Balaban J connectivity index is 1.72. The quantitative estimate of drug-likeness (QED) is 0.592. The number of benzene rings is 2. The fourth-order valence-corrected chi connectivity index (χ4v) is 3.48. The van der Waals surface area contributed by atoms with Gasteiger partial charge in [-0.15, -0.1) is 0 Å². The molecule has 2 aromatic carbocycles. The van der Waals surface area contributed by atoms with E-state index < -0.39 is 5.97 Å². The lowest BCUT2D eigenvalue weighted by Crippen LogP contribution is -2.25. The first-order chi connectivity index (χ1) is 12.3. The van der Waals surface area contributed by atoms with Gasteiger partial charge >= 0.3 is 5.97 Å². The number of carbonyl (C=O) groups is 2. The number of carbonyl (C=O) groups excluding carboxylic acids is 2. The van der Waals surface area contributed by atoms with Crippen molar-refractivity contribution in [2.75, 3.05) is 18.6 Å². The first-order valence-corrected chi connectivity index (χ1v) is 8.69. The fourth-order valence-electron chi connectivity index (χ4n) is 3.29. The number of hydrogen-bond donors (Lipinski definition) is 0. The number of allylic oxidation sites excluding steroid dienone is 1. The number of ketones is 1. The normalized spacial score (nSPS) is 16.5. The molecule has 0 radical (unpaired) electrons. The minimum Gasteiger partial charge on any atom is -0.454 e. The number of para-hydroxylation sites is 1. The van der Waals surface area contributed by atoms with Crippen LogP contribution < -0.4 is 4.90 Å². The van der Waals surface area contributed by atoms with Crippen molar-refractivity contribution < 1.29 is 14.3 Å². The molecule has 3 rings (SSSR count). The van der Waals surface area contributed by atoms with Crippen LogP contribution >= 0.6 is 11.6 Å². The van der Waals surface area contributed by atoms with Crippen molar-refractivity contribution in [1.82, 2.24) is 0 Å². The van der Waals surface area contributed by atoms with Gasteiger partial charge in [-0.2, -0.15) is 0 Å². The number of hydrogen-bond acceptors (Lipinski definition) is 4. The molecule has 26 heavy (non-hydrogen) atoms. The molecule has 0 saturated carbocycles. The van der Waals surface area contributed by atoms with Crippen molar-refractivity contribution in [2.24, 2.45) is 0 Å². The molecular weight excluding hydrogens is 350 g/mol. The van der Waals surface area contributed by atoms with Crippen LogP contribution in [0.1, 0.15) is 29.8 Å². The molecule has 0 bridgehead atoms. The average molecular weight is 370 g/mol. The summed E-state index contributed by atoms with van der Waals surface area (Å²) >= 11 is 5.87. The van der Waals surface area contributed by atoms with Gasteiger partial charge < -0.3 is 9.64 Å². The number of nitrogens with zero attached hydrogens (tertiary/aromatic N) is 1. The van der Waals surface area contributed by atoms with Crippen molar-refractivity contribution >= 4 is 29.0 Å². The highest BCUT2D eigenvalue weighted by atomic mass is 35.5. The maximum Gasteiger partial charge on any atom is 0.338 e. The van der Waals surface area contributed by atoms with Gasteiger partial charge in [0.05, 0.1) is 5.56 Å². The molecular formula is C21H20ClNO3. The Labute approximate surface area is 158 Å². The molecule has 134 valence electrons. The van der Waals surface area contributed by atoms with Crippen LogP contribution in [0.25, 0.3) is 0 Å². The van der Waals surface area contributed by atoms with Crippen molar-refractivity contribution in [3.63, 3.8) is 0 Å². The van der Waals surface area contributed by atoms with E-state index in [1.54, 1.807) is 24.3 Å². The minimum atomic E-state index is -0.568. The zero-order valence-corrected chi connectivity index (χ0v) is 15.7. The number of fused-ring (bicyclic) bond motifs is 1. The maximum absolute atomic E-state index is 12.4. The van der Waals surface area contributed by atoms with E-state index in [2.05, 4.69) is 19.9 Å². The Kier molecular flexibility index (Phi) is 4.88. The molecule has 2 aromatic rings. The van der Waals surface area contributed by atoms with Crippen LogP contribution in [-0.2, 0) is 14.9 Å². The number of halogens is 1. The van der Waals surface area contributed by atoms with E-state index in [-0.39, 0.29) is 17.8 Å². The van der Waals surface area contributed by atoms with Crippen molar-refractivity contribution in [2.45, 2.75) is 19.3 Å². The third kappa shape index (κ3) is 3.37. The number of ether oxygens (including phenoxy) is 1. The molecule has 5 heteroatoms. The molecule has 0 atom stereocenters. The highest BCUT2D eigenvalue weighted by Gasteiger charge is 2.38. The predicted octanol–water partition coefficient (Wildman–Crippen LogP) is 4.38. The third-order valence-corrected chi connectivity index (χ3v) is 4.88. The lowest BCUT2D eigenvalue weighted by molar-refractivity contribution is -0.117. The van der Waals surface area contributed by atoms with Crippen LogP contribution in [0.4, 0.5) is 5.69 Å². The van der Waals surface area contributed by atoms with Crippen LogP contribution in [0.5, 0.6) is 0 Å². The SMILES string of the molecule is CN1C(=CC(=O)COC(=O)c2cccc(Cl)c2)C(C)(C)c2ccccc21. The molecule has 0 N–H and O–H groups in total. The molecule has 4 nitrogen and oxygen atoms in total. The zero-order chi connectivity index (χ0) is 18.9. The number of anilines is 1. The van der Waals surface area contributed by atoms with E-state index in [9.17, 15) is 9.59 Å². The van der Waals surface area contributed by atoms with Crippen LogP contribution in [0.15, 0.2) is 60.3 Å². The summed E-state index contributed by atoms with van der Waals surface area (Å²) < 4.78 is 5.13. The molecule has 1 aliphatic rings. The Morgan fingerprint density at radius 1 is 1.15 bits per heavy atom. The second-order valence-corrected chi connectivity index (χ2v) is 7.22. The standard InChI is InChI=1S/C21H20ClNO3/c1-21(2)17-9-4-5-10-18(17)23(3)19(21)12-16(24)13-26-20(25)14-7-6-8-15(22)11-14/h4-12H,13H2,1-3H3. The highest BCUT2D eigenvalue weighted by Crippen LogP contribution is 2.46. The topological polar surface area (TPSA) is 46.6 Å². The number of likely N-dealkylation sites (N-methyl/N-ethyl adjacent to an activating group) is 1. The van der Waals surface area contributed by atoms with Crippen LogP contribution in [0, 0.1) is 0 Å². The monoisotopic (exact) mass is 369 g/mol. The lowest BCUT2D eigenvalue weighted by atomic mass is 9.83. The number of rotatable bonds is 4. The first kappa shape index (κ1) is 18.2. The largest absolute Gasteiger partial charge is 0.454 e. The van der Waals surface area contributed by atoms with E-state index in [1.165, 1.54) is 6.07 Å².